The molecule has 5 aliphatic rings. The second-order valence-corrected chi connectivity index (χ2v) is 35.7. The number of hydrogen-bond donors (Lipinski definition) is 9. The molecule has 4 atom stereocenters. The van der Waals surface area contributed by atoms with Crippen molar-refractivity contribution in [3.8, 4) is 24.3 Å². The summed E-state index contributed by atoms with van der Waals surface area (Å²) in [5.41, 5.74) is 7.89. The molecule has 0 aromatic heterocycles. The molecule has 620 valence electrons. The lowest BCUT2D eigenvalue weighted by molar-refractivity contribution is -0.140. The third-order valence-electron chi connectivity index (χ3n) is 21.9. The number of morpholine rings is 1. The third kappa shape index (κ3) is 40.6. The van der Waals surface area contributed by atoms with Gasteiger partial charge >= 0.3 is 24.2 Å². The number of nitrogens with one attached hydrogen (secondary N) is 6. The van der Waals surface area contributed by atoms with E-state index >= 15 is 0 Å². The summed E-state index contributed by atoms with van der Waals surface area (Å²) in [5, 5.41) is 63.5. The van der Waals surface area contributed by atoms with Crippen molar-refractivity contribution in [2.75, 3.05) is 107 Å². The predicted molar refractivity (Wildman–Crippen MR) is 426 cm³/mol. The number of halogens is 1. The summed E-state index contributed by atoms with van der Waals surface area (Å²) < 4.78 is 15.7. The van der Waals surface area contributed by atoms with E-state index in [1.54, 1.807) is 46.4 Å². The number of carbonyl (C=O) groups is 7. The second-order valence-electron chi connectivity index (χ2n) is 35.7. The summed E-state index contributed by atoms with van der Waals surface area (Å²) in [6.45, 7) is 44.8. The molecule has 5 saturated heterocycles. The Morgan fingerprint density at radius 3 is 1.01 bits per heavy atom. The van der Waals surface area contributed by atoms with Gasteiger partial charge in [-0.25, -0.2) is 19.2 Å². The topological polar surface area (TPSA) is 403 Å². The molecule has 28 nitrogen and oxygen atoms in total. The number of ether oxygens (including phenoxy) is 3. The predicted octanol–water partition coefficient (Wildman–Crippen LogP) is 10.1. The summed E-state index contributed by atoms with van der Waals surface area (Å²) in [6.07, 6.45) is 13.3. The van der Waals surface area contributed by atoms with E-state index in [4.69, 9.17) is 36.0 Å². The van der Waals surface area contributed by atoms with Crippen molar-refractivity contribution in [2.45, 2.75) is 311 Å². The van der Waals surface area contributed by atoms with Crippen molar-refractivity contribution in [1.29, 1.82) is 21.0 Å². The van der Waals surface area contributed by atoms with E-state index < -0.39 is 75.7 Å². The molecule has 5 rings (SSSR count). The van der Waals surface area contributed by atoms with Crippen molar-refractivity contribution >= 4 is 54.3 Å². The molecule has 0 spiro atoms. The van der Waals surface area contributed by atoms with Gasteiger partial charge in [0.05, 0.1) is 43.5 Å². The molecule has 11 N–H and O–H groups in total. The first kappa shape index (κ1) is 102. The van der Waals surface area contributed by atoms with Gasteiger partial charge in [0.25, 0.3) is 0 Å². The molecule has 5 fully saturated rings. The number of piperidine rings is 4. The fourth-order valence-electron chi connectivity index (χ4n) is 11.6. The number of nitriles is 4. The lowest BCUT2D eigenvalue weighted by atomic mass is 9.83. The highest BCUT2D eigenvalue weighted by Gasteiger charge is 2.42. The van der Waals surface area contributed by atoms with Gasteiger partial charge in [0.15, 0.2) is 0 Å². The number of likely N-dealkylation sites (tertiary alicyclic amines) is 4. The first-order chi connectivity index (χ1) is 49.4. The van der Waals surface area contributed by atoms with Crippen molar-refractivity contribution in [1.82, 2.24) is 56.4 Å². The maximum Gasteiger partial charge on any atom is 0.408 e. The number of carbonyl (C=O) groups excluding carboxylic acids is 6. The quantitative estimate of drug-likeness (QED) is 0.0388. The lowest BCUT2D eigenvalue weighted by Gasteiger charge is -2.37. The number of aliphatic carboxylic acids is 1. The third-order valence-corrected chi connectivity index (χ3v) is 21.9. The van der Waals surface area contributed by atoms with Crippen LogP contribution in [-0.4, -0.2) is 236 Å². The van der Waals surface area contributed by atoms with Gasteiger partial charge in [-0.3, -0.25) is 14.4 Å². The van der Waals surface area contributed by atoms with Crippen LogP contribution in [0.4, 0.5) is 14.4 Å². The van der Waals surface area contributed by atoms with E-state index in [1.165, 1.54) is 0 Å². The van der Waals surface area contributed by atoms with Crippen LogP contribution in [0.5, 0.6) is 0 Å². The largest absolute Gasteiger partial charge is 0.480 e. The lowest BCUT2D eigenvalue weighted by Crippen LogP contribution is -2.60. The Labute approximate surface area is 656 Å². The van der Waals surface area contributed by atoms with E-state index in [-0.39, 0.29) is 57.8 Å². The number of urea groups is 1. The summed E-state index contributed by atoms with van der Waals surface area (Å²) in [5.74, 6) is -1.79. The van der Waals surface area contributed by atoms with Crippen molar-refractivity contribution in [2.24, 2.45) is 33.1 Å². The molecule has 108 heavy (non-hydrogen) atoms. The number of carboxylic acid groups (broad SMARTS) is 1. The molecular formula is C79H146ClN17O11. The average Bonchev–Trinajstić information content (AvgIpc) is 0.831. The van der Waals surface area contributed by atoms with Gasteiger partial charge in [-0.2, -0.15) is 21.0 Å². The number of nitrogens with zero attached hydrogens (tertiary/aromatic N) is 9. The van der Waals surface area contributed by atoms with Crippen LogP contribution in [0.2, 0.25) is 0 Å². The van der Waals surface area contributed by atoms with Crippen LogP contribution in [0, 0.1) is 67.0 Å². The minimum absolute atomic E-state index is 0. The minimum Gasteiger partial charge on any atom is -0.480 e. The van der Waals surface area contributed by atoms with Gasteiger partial charge in [0.2, 0.25) is 17.7 Å². The van der Waals surface area contributed by atoms with E-state index in [0.29, 0.717) is 90.5 Å². The first-order valence-electron chi connectivity index (χ1n) is 39.1. The average molecular weight is 1550 g/mol. The molecule has 5 heterocycles. The van der Waals surface area contributed by atoms with Gasteiger partial charge in [-0.1, -0.05) is 109 Å². The van der Waals surface area contributed by atoms with Crippen LogP contribution < -0.4 is 43.4 Å². The molecule has 5 aliphatic heterocycles. The van der Waals surface area contributed by atoms with Crippen LogP contribution in [0.15, 0.2) is 0 Å². The Morgan fingerprint density at radius 2 is 0.722 bits per heavy atom. The highest BCUT2D eigenvalue weighted by Crippen LogP contribution is 2.32. The van der Waals surface area contributed by atoms with Gasteiger partial charge in [0, 0.05) is 65.4 Å². The monoisotopic (exact) mass is 1540 g/mol. The molecule has 7 amide bonds. The number of rotatable bonds is 26. The van der Waals surface area contributed by atoms with Gasteiger partial charge in [-0.05, 0) is 194 Å². The highest BCUT2D eigenvalue weighted by molar-refractivity contribution is 5.88. The molecular weight excluding hydrogens is 1400 g/mol. The van der Waals surface area contributed by atoms with Crippen molar-refractivity contribution < 1.29 is 52.9 Å². The highest BCUT2D eigenvalue weighted by atomic mass is 35.5. The molecule has 0 unspecified atom stereocenters. The smallest absolute Gasteiger partial charge is 0.408 e. The summed E-state index contributed by atoms with van der Waals surface area (Å²) in [4.78, 5) is 96.4. The SMILES string of the molecule is CCC(C)(C)CC[C@H](N)C(=O)NC1(C#N)CCN(C)CC1.CCC(C)(C)CC[C@H](NC(=O)N1CCOCC1)C(=O)NC1(C#N)CCN(C)CC1.CCC(C)(C)CC[C@H](NC(=O)OC(C)(C)C)C(=O)NC1(C#N)CCN(C)CC1.CCC(C)(C)CC[C@H](NC(=O)OC(C)(C)C)C(=O)O.CN1CCC(N)(C#N)CC1.Cl. The Kier molecular flexibility index (Phi) is 43.8. The molecule has 0 radical (unpaired) electrons. The van der Waals surface area contributed by atoms with Crippen LogP contribution in [0.25, 0.3) is 0 Å². The Bertz CT molecular complexity index is 2930. The van der Waals surface area contributed by atoms with Crippen LogP contribution in [0.1, 0.15) is 253 Å². The van der Waals surface area contributed by atoms with Crippen molar-refractivity contribution in [3.05, 3.63) is 0 Å². The Morgan fingerprint density at radius 1 is 0.444 bits per heavy atom. The fraction of sp³-hybridized carbons (Fsp3) is 0.861. The standard InChI is InChI=1S/C21H37N5O3.C21H38N4O3.C16H30N4O.C14H27NO4.C7H13N3.ClH/c1-5-20(2,3)7-6-17(23-19(28)26-12-14-29-15-13-26)18(27)24-21(16-22)8-10-25(4)11-9-21;1-8-20(5,6)10-9-16(23-18(27)28-19(2,3)4)17(26)24-21(15-22)11-13-25(7)14-12-21;1-5-15(2,3)7-6-13(18)14(21)19-16(12-17)8-10-20(4)11-9-16;1-7-14(5,6)9-8-10(11(16)17)15-12(18)19-13(2,3)4;1-10-4-2-7(9,6-8)3-5-10;/h17H,5-15H2,1-4H3,(H,23,28)(H,24,27);16H,8-14H2,1-7H3,(H,23,27)(H,24,26);13H,5-11,18H2,1-4H3,(H,19,21);10H,7-9H2,1-6H3,(H,15,18)(H,16,17);2-5,9H2,1H3;1H/t17-;16-;13-;10-;;/m0000../s1. The van der Waals surface area contributed by atoms with E-state index in [0.717, 1.165) is 117 Å². The molecule has 0 aromatic rings. The normalized spacial score (nSPS) is 19.3. The first-order valence-corrected chi connectivity index (χ1v) is 39.1. The number of alkyl carbamates (subject to hydrolysis) is 2. The molecule has 29 heteroatoms. The number of hydrogen-bond acceptors (Lipinski definition) is 20. The molecule has 0 bridgehead atoms. The van der Waals surface area contributed by atoms with E-state index in [2.05, 4.69) is 166 Å². The number of amides is 7. The summed E-state index contributed by atoms with van der Waals surface area (Å²) >= 11 is 0. The van der Waals surface area contributed by atoms with E-state index in [1.807, 2.05) is 21.1 Å². The maximum absolute atomic E-state index is 13.1. The minimum atomic E-state index is -1.03. The molecule has 0 aromatic carbocycles. The zero-order valence-corrected chi connectivity index (χ0v) is 71.4. The zero-order chi connectivity index (χ0) is 82.1. The summed E-state index contributed by atoms with van der Waals surface area (Å²) in [6, 6.07) is 6.02. The van der Waals surface area contributed by atoms with Gasteiger partial charge in [-0.15, -0.1) is 12.4 Å². The van der Waals surface area contributed by atoms with E-state index in [9.17, 15) is 49.3 Å². The Balaban J connectivity index is 0.00000136. The van der Waals surface area contributed by atoms with Gasteiger partial charge in [0.1, 0.15) is 51.5 Å². The molecule has 0 saturated carbocycles. The summed E-state index contributed by atoms with van der Waals surface area (Å²) in [7, 11) is 8.10. The maximum atomic E-state index is 13.1. The number of nitrogens with two attached hydrogens (primary N) is 2. The fourth-order valence-corrected chi connectivity index (χ4v) is 11.6. The van der Waals surface area contributed by atoms with Crippen LogP contribution >= 0.6 is 12.4 Å². The van der Waals surface area contributed by atoms with Gasteiger partial charge < -0.3 is 87.2 Å². The van der Waals surface area contributed by atoms with Crippen LogP contribution in [-0.2, 0) is 33.4 Å². The zero-order valence-electron chi connectivity index (χ0n) is 70.6. The second kappa shape index (κ2) is 46.5. The number of carboxylic acids is 1. The molecule has 0 aliphatic carbocycles. The van der Waals surface area contributed by atoms with Crippen molar-refractivity contribution in [3.63, 3.8) is 0 Å². The Hall–Kier alpha value is -6.34. The van der Waals surface area contributed by atoms with Crippen LogP contribution in [0.3, 0.4) is 0 Å².